The Hall–Kier alpha value is -2.46. The maximum atomic E-state index is 13.0. The highest BCUT2D eigenvalue weighted by atomic mass is 35.5. The number of imide groups is 1. The average molecular weight is 316 g/mol. The van der Waals surface area contributed by atoms with Crippen molar-refractivity contribution >= 4 is 34.7 Å². The average Bonchev–Trinajstić information content (AvgIpc) is 2.72. The Kier molecular flexibility index (Phi) is 3.54. The number of nitrogens with zero attached hydrogens (tertiary/aromatic N) is 1. The molecule has 22 heavy (non-hydrogen) atoms. The Balaban J connectivity index is 2.03. The first-order valence-corrected chi connectivity index (χ1v) is 6.98. The number of rotatable bonds is 2. The van der Waals surface area contributed by atoms with Crippen LogP contribution in [0, 0.1) is 12.7 Å². The zero-order chi connectivity index (χ0) is 15.9. The smallest absolute Gasteiger partial charge is 0.268 e. The molecule has 2 aromatic carbocycles. The molecule has 0 aliphatic carbocycles. The van der Waals surface area contributed by atoms with Crippen LogP contribution >= 0.6 is 11.6 Å². The summed E-state index contributed by atoms with van der Waals surface area (Å²) in [5.74, 6) is -1.56. The first-order valence-electron chi connectivity index (χ1n) is 6.60. The highest BCUT2D eigenvalue weighted by Crippen LogP contribution is 2.34. The van der Waals surface area contributed by atoms with Crippen LogP contribution in [-0.4, -0.2) is 11.8 Å². The van der Waals surface area contributed by atoms with Gasteiger partial charge in [-0.1, -0.05) is 41.4 Å². The summed E-state index contributed by atoms with van der Waals surface area (Å²) < 4.78 is 13.0. The molecule has 3 rings (SSSR count). The molecule has 0 saturated heterocycles. The lowest BCUT2D eigenvalue weighted by Gasteiger charge is -2.14. The number of amides is 2. The van der Waals surface area contributed by atoms with Crippen LogP contribution in [0.4, 0.5) is 10.1 Å². The fourth-order valence-electron chi connectivity index (χ4n) is 2.30. The van der Waals surface area contributed by atoms with Gasteiger partial charge >= 0.3 is 0 Å². The largest absolute Gasteiger partial charge is 0.277 e. The summed E-state index contributed by atoms with van der Waals surface area (Å²) in [5.41, 5.74) is 2.07. The Morgan fingerprint density at radius 2 is 1.50 bits per heavy atom. The van der Waals surface area contributed by atoms with Gasteiger partial charge in [0, 0.05) is 0 Å². The third-order valence-corrected chi connectivity index (χ3v) is 3.80. The van der Waals surface area contributed by atoms with Gasteiger partial charge in [-0.3, -0.25) is 9.59 Å². The standard InChI is InChI=1S/C17H11ClFNO2/c1-10-2-4-11(5-3-10)14-15(18)17(22)20(16(14)21)13-8-6-12(19)7-9-13/h2-9H,1H3. The summed E-state index contributed by atoms with van der Waals surface area (Å²) in [5, 5.41) is -0.127. The quantitative estimate of drug-likeness (QED) is 0.793. The fourth-order valence-corrected chi connectivity index (χ4v) is 2.57. The van der Waals surface area contributed by atoms with E-state index in [1.807, 2.05) is 19.1 Å². The number of hydrogen-bond acceptors (Lipinski definition) is 2. The molecule has 0 bridgehead atoms. The molecule has 0 radical (unpaired) electrons. The third kappa shape index (κ3) is 2.31. The number of carbonyl (C=O) groups excluding carboxylic acids is 2. The first-order chi connectivity index (χ1) is 10.5. The van der Waals surface area contributed by atoms with Crippen molar-refractivity contribution in [1.29, 1.82) is 0 Å². The van der Waals surface area contributed by atoms with E-state index in [0.717, 1.165) is 10.5 Å². The van der Waals surface area contributed by atoms with Gasteiger partial charge in [-0.05, 0) is 36.8 Å². The lowest BCUT2D eigenvalue weighted by atomic mass is 10.0. The maximum Gasteiger partial charge on any atom is 0.277 e. The summed E-state index contributed by atoms with van der Waals surface area (Å²) >= 11 is 6.07. The number of halogens is 2. The highest BCUT2D eigenvalue weighted by Gasteiger charge is 2.39. The minimum atomic E-state index is -0.603. The van der Waals surface area contributed by atoms with Crippen molar-refractivity contribution in [3.05, 3.63) is 70.5 Å². The molecule has 0 saturated carbocycles. The van der Waals surface area contributed by atoms with Crippen LogP contribution in [0.1, 0.15) is 11.1 Å². The van der Waals surface area contributed by atoms with E-state index >= 15 is 0 Å². The Bertz CT molecular complexity index is 794. The normalized spacial score (nSPS) is 15.0. The van der Waals surface area contributed by atoms with Crippen molar-refractivity contribution in [1.82, 2.24) is 0 Å². The number of hydrogen-bond donors (Lipinski definition) is 0. The van der Waals surface area contributed by atoms with Gasteiger partial charge in [0.1, 0.15) is 10.8 Å². The number of benzene rings is 2. The molecular weight excluding hydrogens is 305 g/mol. The van der Waals surface area contributed by atoms with E-state index in [2.05, 4.69) is 0 Å². The van der Waals surface area contributed by atoms with Gasteiger partial charge in [0.25, 0.3) is 11.8 Å². The predicted molar refractivity (Wildman–Crippen MR) is 82.8 cm³/mol. The molecule has 1 aliphatic rings. The first kappa shape index (κ1) is 14.5. The van der Waals surface area contributed by atoms with Gasteiger partial charge < -0.3 is 0 Å². The Morgan fingerprint density at radius 1 is 0.909 bits per heavy atom. The summed E-state index contributed by atoms with van der Waals surface area (Å²) in [6.07, 6.45) is 0. The van der Waals surface area contributed by atoms with Crippen molar-refractivity contribution in [2.24, 2.45) is 0 Å². The lowest BCUT2D eigenvalue weighted by molar-refractivity contribution is -0.119. The molecular formula is C17H11ClFNO2. The summed E-state index contributed by atoms with van der Waals surface area (Å²) in [6, 6.07) is 12.3. The van der Waals surface area contributed by atoms with E-state index in [9.17, 15) is 14.0 Å². The lowest BCUT2D eigenvalue weighted by Crippen LogP contribution is -2.31. The van der Waals surface area contributed by atoms with Crippen molar-refractivity contribution < 1.29 is 14.0 Å². The monoisotopic (exact) mass is 315 g/mol. The van der Waals surface area contributed by atoms with Gasteiger partial charge in [-0.25, -0.2) is 9.29 Å². The SMILES string of the molecule is Cc1ccc(C2=C(Cl)C(=O)N(c3ccc(F)cc3)C2=O)cc1. The predicted octanol–water partition coefficient (Wildman–Crippen LogP) is 3.66. The van der Waals surface area contributed by atoms with Crippen LogP contribution in [0.2, 0.25) is 0 Å². The van der Waals surface area contributed by atoms with Gasteiger partial charge in [0.05, 0.1) is 11.3 Å². The van der Waals surface area contributed by atoms with E-state index in [1.54, 1.807) is 12.1 Å². The summed E-state index contributed by atoms with van der Waals surface area (Å²) in [6.45, 7) is 1.92. The molecule has 5 heteroatoms. The molecule has 0 spiro atoms. The number of carbonyl (C=O) groups is 2. The van der Waals surface area contributed by atoms with Gasteiger partial charge in [-0.2, -0.15) is 0 Å². The molecule has 2 amide bonds. The van der Waals surface area contributed by atoms with Crippen molar-refractivity contribution in [2.45, 2.75) is 6.92 Å². The minimum Gasteiger partial charge on any atom is -0.268 e. The molecule has 0 N–H and O–H groups in total. The van der Waals surface area contributed by atoms with Crippen LogP contribution in [0.5, 0.6) is 0 Å². The van der Waals surface area contributed by atoms with Crippen molar-refractivity contribution in [2.75, 3.05) is 4.90 Å². The zero-order valence-electron chi connectivity index (χ0n) is 11.6. The molecule has 2 aromatic rings. The third-order valence-electron chi connectivity index (χ3n) is 3.45. The van der Waals surface area contributed by atoms with Crippen LogP contribution in [0.25, 0.3) is 5.57 Å². The second-order valence-electron chi connectivity index (χ2n) is 4.98. The topological polar surface area (TPSA) is 37.4 Å². The molecule has 0 atom stereocenters. The zero-order valence-corrected chi connectivity index (χ0v) is 12.4. The number of anilines is 1. The number of aryl methyl sites for hydroxylation is 1. The van der Waals surface area contributed by atoms with E-state index in [1.165, 1.54) is 24.3 Å². The van der Waals surface area contributed by atoms with Crippen LogP contribution in [0.3, 0.4) is 0 Å². The highest BCUT2D eigenvalue weighted by molar-refractivity contribution is 6.60. The molecule has 0 unspecified atom stereocenters. The van der Waals surface area contributed by atoms with Crippen LogP contribution < -0.4 is 4.90 Å². The second-order valence-corrected chi connectivity index (χ2v) is 5.36. The fraction of sp³-hybridized carbons (Fsp3) is 0.0588. The molecule has 110 valence electrons. The molecule has 0 aromatic heterocycles. The van der Waals surface area contributed by atoms with Crippen molar-refractivity contribution in [3.63, 3.8) is 0 Å². The second kappa shape index (κ2) is 5.39. The summed E-state index contributed by atoms with van der Waals surface area (Å²) in [4.78, 5) is 25.8. The molecule has 1 heterocycles. The van der Waals surface area contributed by atoms with Crippen molar-refractivity contribution in [3.8, 4) is 0 Å². The van der Waals surface area contributed by atoms with E-state index < -0.39 is 17.6 Å². The van der Waals surface area contributed by atoms with E-state index in [4.69, 9.17) is 11.6 Å². The van der Waals surface area contributed by atoms with Crippen LogP contribution in [0.15, 0.2) is 53.6 Å². The van der Waals surface area contributed by atoms with Gasteiger partial charge in [-0.15, -0.1) is 0 Å². The van der Waals surface area contributed by atoms with E-state index in [0.29, 0.717) is 5.56 Å². The minimum absolute atomic E-state index is 0.127. The summed E-state index contributed by atoms with van der Waals surface area (Å²) in [7, 11) is 0. The molecule has 0 fully saturated rings. The molecule has 1 aliphatic heterocycles. The van der Waals surface area contributed by atoms with Gasteiger partial charge in [0.2, 0.25) is 0 Å². The van der Waals surface area contributed by atoms with Gasteiger partial charge in [0.15, 0.2) is 0 Å². The molecule has 3 nitrogen and oxygen atoms in total. The Morgan fingerprint density at radius 3 is 2.09 bits per heavy atom. The maximum absolute atomic E-state index is 13.0. The van der Waals surface area contributed by atoms with E-state index in [-0.39, 0.29) is 16.3 Å². The van der Waals surface area contributed by atoms with Crippen LogP contribution in [-0.2, 0) is 9.59 Å². The Labute approximate surface area is 131 Å².